The summed E-state index contributed by atoms with van der Waals surface area (Å²) in [6.45, 7) is 5.25. The van der Waals surface area contributed by atoms with Gasteiger partial charge in [-0.15, -0.1) is 0 Å². The molecule has 0 aliphatic carbocycles. The van der Waals surface area contributed by atoms with Crippen LogP contribution in [0.3, 0.4) is 0 Å². The van der Waals surface area contributed by atoms with Crippen molar-refractivity contribution in [3.05, 3.63) is 34.4 Å². The molecule has 0 saturated heterocycles. The Hall–Kier alpha value is -2.26. The molecule has 0 fully saturated rings. The molecule has 9 heteroatoms. The van der Waals surface area contributed by atoms with Crippen molar-refractivity contribution in [1.82, 2.24) is 34.6 Å². The lowest BCUT2D eigenvalue weighted by molar-refractivity contribution is 0.0948. The summed E-state index contributed by atoms with van der Waals surface area (Å²) in [5, 5.41) is 12.7. The average molecular weight is 359 g/mol. The number of carbonyl (C=O) groups is 1. The standard InChI is InChI=1S/C16H21N7OS/c1-11-19-23-9-12(18-16(23)25-11)4-5-17-15(24)14-8-13-10-21(2)6-3-7-22(13)20-14/h8-9H,3-7,10H2,1-2H3,(H,17,24). The number of aryl methyl sites for hydroxylation is 2. The summed E-state index contributed by atoms with van der Waals surface area (Å²) in [5.74, 6) is -0.127. The Morgan fingerprint density at radius 3 is 3.08 bits per heavy atom. The lowest BCUT2D eigenvalue weighted by Gasteiger charge is -2.10. The van der Waals surface area contributed by atoms with Crippen LogP contribution in [0.2, 0.25) is 0 Å². The fourth-order valence-electron chi connectivity index (χ4n) is 3.09. The van der Waals surface area contributed by atoms with Crippen LogP contribution >= 0.6 is 11.3 Å². The van der Waals surface area contributed by atoms with Crippen LogP contribution in [0.1, 0.15) is 33.3 Å². The summed E-state index contributed by atoms with van der Waals surface area (Å²) < 4.78 is 3.75. The van der Waals surface area contributed by atoms with Crippen LogP contribution in [0.25, 0.3) is 4.96 Å². The molecule has 0 spiro atoms. The molecule has 0 atom stereocenters. The van der Waals surface area contributed by atoms with Gasteiger partial charge in [0, 0.05) is 32.6 Å². The number of carbonyl (C=O) groups excluding carboxylic acids is 1. The first-order chi connectivity index (χ1) is 12.1. The Kier molecular flexibility index (Phi) is 4.26. The molecule has 1 amide bonds. The molecule has 0 saturated carbocycles. The zero-order valence-electron chi connectivity index (χ0n) is 14.4. The van der Waals surface area contributed by atoms with Gasteiger partial charge in [-0.2, -0.15) is 10.2 Å². The van der Waals surface area contributed by atoms with E-state index in [1.54, 1.807) is 15.9 Å². The van der Waals surface area contributed by atoms with Crippen LogP contribution in [0.5, 0.6) is 0 Å². The molecule has 132 valence electrons. The van der Waals surface area contributed by atoms with Gasteiger partial charge < -0.3 is 10.2 Å². The highest BCUT2D eigenvalue weighted by atomic mass is 32.1. The van der Waals surface area contributed by atoms with Gasteiger partial charge in [-0.3, -0.25) is 9.48 Å². The van der Waals surface area contributed by atoms with Crippen molar-refractivity contribution < 1.29 is 4.79 Å². The van der Waals surface area contributed by atoms with Crippen molar-refractivity contribution in [3.8, 4) is 0 Å². The Morgan fingerprint density at radius 1 is 1.36 bits per heavy atom. The molecule has 0 unspecified atom stereocenters. The number of hydrogen-bond acceptors (Lipinski definition) is 6. The van der Waals surface area contributed by atoms with Gasteiger partial charge in [0.25, 0.3) is 5.91 Å². The van der Waals surface area contributed by atoms with Crippen LogP contribution in [-0.4, -0.2) is 55.3 Å². The maximum Gasteiger partial charge on any atom is 0.271 e. The van der Waals surface area contributed by atoms with E-state index in [-0.39, 0.29) is 5.91 Å². The molecule has 1 aliphatic rings. The Morgan fingerprint density at radius 2 is 2.24 bits per heavy atom. The first kappa shape index (κ1) is 16.2. The number of nitrogens with one attached hydrogen (secondary N) is 1. The molecule has 4 heterocycles. The highest BCUT2D eigenvalue weighted by Crippen LogP contribution is 2.14. The number of fused-ring (bicyclic) bond motifs is 2. The second-order valence-electron chi connectivity index (χ2n) is 6.42. The Balaban J connectivity index is 1.35. The van der Waals surface area contributed by atoms with Crippen LogP contribution < -0.4 is 5.32 Å². The average Bonchev–Trinajstić information content (AvgIpc) is 3.17. The number of nitrogens with zero attached hydrogens (tertiary/aromatic N) is 6. The predicted octanol–water partition coefficient (Wildman–Crippen LogP) is 1.10. The first-order valence-corrected chi connectivity index (χ1v) is 9.25. The van der Waals surface area contributed by atoms with E-state index in [1.165, 1.54) is 0 Å². The van der Waals surface area contributed by atoms with E-state index < -0.39 is 0 Å². The Labute approximate surface area is 149 Å². The minimum absolute atomic E-state index is 0.127. The van der Waals surface area contributed by atoms with Gasteiger partial charge in [0.05, 0.1) is 17.6 Å². The van der Waals surface area contributed by atoms with Crippen LogP contribution in [-0.2, 0) is 19.5 Å². The van der Waals surface area contributed by atoms with Crippen molar-refractivity contribution >= 4 is 22.2 Å². The van der Waals surface area contributed by atoms with Crippen molar-refractivity contribution in [2.45, 2.75) is 32.9 Å². The molecular weight excluding hydrogens is 338 g/mol. The van der Waals surface area contributed by atoms with Gasteiger partial charge in [-0.05, 0) is 26.5 Å². The highest BCUT2D eigenvalue weighted by Gasteiger charge is 2.17. The first-order valence-electron chi connectivity index (χ1n) is 8.43. The number of imidazole rings is 1. The van der Waals surface area contributed by atoms with Crippen LogP contribution in [0.4, 0.5) is 0 Å². The monoisotopic (exact) mass is 359 g/mol. The summed E-state index contributed by atoms with van der Waals surface area (Å²) in [6.07, 6.45) is 3.65. The predicted molar refractivity (Wildman–Crippen MR) is 94.8 cm³/mol. The van der Waals surface area contributed by atoms with Crippen molar-refractivity contribution in [2.24, 2.45) is 0 Å². The zero-order valence-corrected chi connectivity index (χ0v) is 15.2. The van der Waals surface area contributed by atoms with Gasteiger partial charge in [0.15, 0.2) is 0 Å². The molecule has 0 radical (unpaired) electrons. The van der Waals surface area contributed by atoms with Gasteiger partial charge in [0.2, 0.25) is 4.96 Å². The van der Waals surface area contributed by atoms with Crippen molar-refractivity contribution in [1.29, 1.82) is 0 Å². The van der Waals surface area contributed by atoms with Gasteiger partial charge >= 0.3 is 0 Å². The summed E-state index contributed by atoms with van der Waals surface area (Å²) in [6, 6.07) is 1.90. The normalized spacial score (nSPS) is 15.3. The molecule has 25 heavy (non-hydrogen) atoms. The van der Waals surface area contributed by atoms with E-state index in [0.29, 0.717) is 18.7 Å². The molecule has 0 bridgehead atoms. The smallest absolute Gasteiger partial charge is 0.271 e. The maximum absolute atomic E-state index is 12.4. The number of amides is 1. The Bertz CT molecular complexity index is 878. The molecule has 3 aromatic rings. The third-order valence-electron chi connectivity index (χ3n) is 4.30. The fourth-order valence-corrected chi connectivity index (χ4v) is 3.84. The number of rotatable bonds is 4. The van der Waals surface area contributed by atoms with Crippen LogP contribution in [0.15, 0.2) is 12.3 Å². The lowest BCUT2D eigenvalue weighted by Crippen LogP contribution is -2.26. The number of aromatic nitrogens is 5. The molecule has 8 nitrogen and oxygen atoms in total. The van der Waals surface area contributed by atoms with Gasteiger partial charge in [0.1, 0.15) is 10.7 Å². The van der Waals surface area contributed by atoms with Crippen molar-refractivity contribution in [3.63, 3.8) is 0 Å². The molecule has 3 aromatic heterocycles. The third-order valence-corrected chi connectivity index (χ3v) is 5.14. The molecule has 1 N–H and O–H groups in total. The van der Waals surface area contributed by atoms with Gasteiger partial charge in [-0.25, -0.2) is 9.50 Å². The second kappa shape index (κ2) is 6.57. The van der Waals surface area contributed by atoms with E-state index in [0.717, 1.165) is 47.4 Å². The van der Waals surface area contributed by atoms with E-state index in [1.807, 2.05) is 23.9 Å². The largest absolute Gasteiger partial charge is 0.350 e. The molecular formula is C16H21N7OS. The zero-order chi connectivity index (χ0) is 17.4. The van der Waals surface area contributed by atoms with Gasteiger partial charge in [-0.1, -0.05) is 11.3 Å². The quantitative estimate of drug-likeness (QED) is 0.755. The third kappa shape index (κ3) is 3.42. The van der Waals surface area contributed by atoms with Crippen molar-refractivity contribution in [2.75, 3.05) is 20.1 Å². The fraction of sp³-hybridized carbons (Fsp3) is 0.500. The molecule has 4 rings (SSSR count). The van der Waals surface area contributed by atoms with Crippen LogP contribution in [0, 0.1) is 6.92 Å². The van der Waals surface area contributed by atoms with E-state index in [2.05, 4.69) is 32.4 Å². The lowest BCUT2D eigenvalue weighted by atomic mass is 10.3. The highest BCUT2D eigenvalue weighted by molar-refractivity contribution is 7.16. The van der Waals surface area contributed by atoms with E-state index >= 15 is 0 Å². The van der Waals surface area contributed by atoms with E-state index in [4.69, 9.17) is 0 Å². The van der Waals surface area contributed by atoms with E-state index in [9.17, 15) is 4.79 Å². The topological polar surface area (TPSA) is 80.3 Å². The minimum atomic E-state index is -0.127. The SMILES string of the molecule is Cc1nn2cc(CCNC(=O)c3cc4n(n3)CCCN(C)C4)nc2s1. The summed E-state index contributed by atoms with van der Waals surface area (Å²) in [4.78, 5) is 20.0. The summed E-state index contributed by atoms with van der Waals surface area (Å²) >= 11 is 1.56. The summed E-state index contributed by atoms with van der Waals surface area (Å²) in [5.41, 5.74) is 2.52. The molecule has 1 aliphatic heterocycles. The maximum atomic E-state index is 12.4. The molecule has 0 aromatic carbocycles. The number of hydrogen-bond donors (Lipinski definition) is 1. The second-order valence-corrected chi connectivity index (χ2v) is 7.58. The summed E-state index contributed by atoms with van der Waals surface area (Å²) in [7, 11) is 2.09. The minimum Gasteiger partial charge on any atom is -0.350 e.